The summed E-state index contributed by atoms with van der Waals surface area (Å²) in [7, 11) is -1.19. The molecule has 5 rings (SSSR count). The van der Waals surface area contributed by atoms with E-state index in [2.05, 4.69) is 80.7 Å². The second-order valence-corrected chi connectivity index (χ2v) is 15.8. The number of hydrogen-bond donors (Lipinski definition) is 0. The van der Waals surface area contributed by atoms with E-state index in [-0.39, 0.29) is 24.8 Å². The summed E-state index contributed by atoms with van der Waals surface area (Å²) in [5, 5.41) is 3.67. The Kier molecular flexibility index (Phi) is 6.63. The van der Waals surface area contributed by atoms with E-state index >= 15 is 0 Å². The first-order valence-electron chi connectivity index (χ1n) is 10.3. The van der Waals surface area contributed by atoms with Crippen LogP contribution >= 0.6 is 0 Å². The molecule has 3 aliphatic rings. The van der Waals surface area contributed by atoms with E-state index in [0.29, 0.717) is 15.0 Å². The van der Waals surface area contributed by atoms with Crippen molar-refractivity contribution in [2.45, 2.75) is 54.2 Å². The van der Waals surface area contributed by atoms with Gasteiger partial charge in [-0.15, -0.1) is 0 Å². The average Bonchev–Trinajstić information content (AvgIpc) is 3.03. The van der Waals surface area contributed by atoms with Gasteiger partial charge in [-0.1, -0.05) is 0 Å². The molecule has 4 heteroatoms. The molecule has 0 saturated heterocycles. The van der Waals surface area contributed by atoms with Crippen molar-refractivity contribution < 1.29 is 49.5 Å². The summed E-state index contributed by atoms with van der Waals surface area (Å²) in [4.78, 5) is 0. The minimum Gasteiger partial charge on any atom is -1.00 e. The summed E-state index contributed by atoms with van der Waals surface area (Å²) in [6.45, 7) is 7.52. The minimum atomic E-state index is -1.19. The van der Waals surface area contributed by atoms with Crippen LogP contribution < -0.4 is 24.8 Å². The van der Waals surface area contributed by atoms with E-state index < -0.39 is 8.07 Å². The third-order valence-corrected chi connectivity index (χ3v) is 13.1. The molecule has 0 aromatic heterocycles. The van der Waals surface area contributed by atoms with Crippen molar-refractivity contribution in [1.82, 2.24) is 0 Å². The Balaban J connectivity index is 0.00000120. The maximum atomic E-state index is 2.56. The van der Waals surface area contributed by atoms with E-state index in [0.717, 1.165) is 0 Å². The van der Waals surface area contributed by atoms with Crippen LogP contribution in [0, 0.1) is 0 Å². The molecule has 2 aliphatic carbocycles. The van der Waals surface area contributed by atoms with Crippen molar-refractivity contribution in [3.05, 3.63) is 82.1 Å². The number of allylic oxidation sites excluding steroid dienone is 2. The standard InChI is InChI=1S/C25H27Si.2ClH.Zr/c1-4-17(20-15-14-18-9-5-6-10-19(18)20)13-16-23-21-11-7-8-12-22(21)24-25(23)26(24,2)3;;;/h5-12,14-15,20,23H,4,13,16H2,1-3H3;2*1H;/q;;;+2/p-2. The maximum Gasteiger partial charge on any atom is -1.00 e. The quantitative estimate of drug-likeness (QED) is 0.521. The number of hydrogen-bond acceptors (Lipinski definition) is 0. The van der Waals surface area contributed by atoms with Crippen molar-refractivity contribution in [2.24, 2.45) is 0 Å². The smallest absolute Gasteiger partial charge is 1.00 e. The molecule has 0 amide bonds. The largest absolute Gasteiger partial charge is 1.00 e. The Morgan fingerprint density at radius 3 is 2.34 bits per heavy atom. The van der Waals surface area contributed by atoms with Crippen LogP contribution in [0.4, 0.5) is 0 Å². The number of rotatable bonds is 5. The Morgan fingerprint density at radius 1 is 0.966 bits per heavy atom. The fraction of sp³-hybridized carbons (Fsp3) is 0.360. The Morgan fingerprint density at radius 2 is 1.62 bits per heavy atom. The predicted octanol–water partition coefficient (Wildman–Crippen LogP) is 1.05. The monoisotopic (exact) mass is 515 g/mol. The normalized spacial score (nSPS) is 24.0. The van der Waals surface area contributed by atoms with E-state index in [1.807, 2.05) is 5.20 Å². The molecule has 1 aliphatic heterocycles. The summed E-state index contributed by atoms with van der Waals surface area (Å²) in [5.74, 6) is 1.32. The van der Waals surface area contributed by atoms with Crippen LogP contribution in [0.5, 0.6) is 0 Å². The van der Waals surface area contributed by atoms with Gasteiger partial charge in [0.2, 0.25) is 0 Å². The first-order valence-corrected chi connectivity index (χ1v) is 14.6. The molecule has 3 unspecified atom stereocenters. The molecule has 0 fully saturated rings. The Hall–Kier alpha value is -0.400. The predicted molar refractivity (Wildman–Crippen MR) is 114 cm³/mol. The van der Waals surface area contributed by atoms with Crippen LogP contribution in [-0.4, -0.2) is 8.07 Å². The van der Waals surface area contributed by atoms with Crippen molar-refractivity contribution in [3.8, 4) is 0 Å². The van der Waals surface area contributed by atoms with Gasteiger partial charge in [0, 0.05) is 0 Å². The first-order chi connectivity index (χ1) is 13.0. The molecule has 0 radical (unpaired) electrons. The first kappa shape index (κ1) is 23.3. The topological polar surface area (TPSA) is 0 Å². The van der Waals surface area contributed by atoms with Crippen molar-refractivity contribution in [3.63, 3.8) is 0 Å². The van der Waals surface area contributed by atoms with Gasteiger partial charge in [0.25, 0.3) is 0 Å². The number of benzene rings is 2. The summed E-state index contributed by atoms with van der Waals surface area (Å²) in [5.41, 5.74) is 6.23. The molecule has 0 N–H and O–H groups in total. The molecule has 0 bridgehead atoms. The molecule has 149 valence electrons. The van der Waals surface area contributed by atoms with Gasteiger partial charge in [-0.05, 0) is 0 Å². The summed E-state index contributed by atoms with van der Waals surface area (Å²) >= 11 is 1.70. The zero-order valence-electron chi connectivity index (χ0n) is 17.3. The zero-order valence-corrected chi connectivity index (χ0v) is 22.3. The molecule has 0 spiro atoms. The SMILES string of the molecule is CC[C]([Zr+2])(CCC1C2=C(c3ccccc31)[Si]2(C)C)C1C=Cc2ccccc21.[Cl-].[Cl-]. The van der Waals surface area contributed by atoms with Gasteiger partial charge in [0.15, 0.2) is 0 Å². The Labute approximate surface area is 203 Å². The van der Waals surface area contributed by atoms with E-state index in [9.17, 15) is 0 Å². The molecule has 29 heavy (non-hydrogen) atoms. The molecule has 0 saturated carbocycles. The second kappa shape index (κ2) is 8.27. The molecule has 3 atom stereocenters. The third kappa shape index (κ3) is 3.53. The van der Waals surface area contributed by atoms with Gasteiger partial charge in [-0.3, -0.25) is 0 Å². The molecule has 2 aromatic carbocycles. The van der Waals surface area contributed by atoms with E-state index in [1.165, 1.54) is 24.8 Å². The zero-order chi connectivity index (χ0) is 18.8. The number of fused-ring (bicyclic) bond motifs is 3. The number of halogens is 2. The van der Waals surface area contributed by atoms with Gasteiger partial charge in [-0.2, -0.15) is 0 Å². The minimum absolute atomic E-state index is 0. The fourth-order valence-electron chi connectivity index (χ4n) is 5.76. The molecular formula is C25H27Cl2SiZr. The van der Waals surface area contributed by atoms with Gasteiger partial charge >= 0.3 is 180 Å². The van der Waals surface area contributed by atoms with Crippen molar-refractivity contribution in [1.29, 1.82) is 0 Å². The summed E-state index contributed by atoms with van der Waals surface area (Å²) in [6, 6.07) is 18.3. The molecule has 1 heterocycles. The third-order valence-electron chi connectivity index (χ3n) is 7.36. The fourth-order valence-corrected chi connectivity index (χ4v) is 10.9. The van der Waals surface area contributed by atoms with Gasteiger partial charge in [0.1, 0.15) is 0 Å². The van der Waals surface area contributed by atoms with Gasteiger partial charge < -0.3 is 24.8 Å². The van der Waals surface area contributed by atoms with Crippen LogP contribution in [0.3, 0.4) is 0 Å². The summed E-state index contributed by atoms with van der Waals surface area (Å²) in [6.07, 6.45) is 8.79. The molecule has 2 aromatic rings. The summed E-state index contributed by atoms with van der Waals surface area (Å²) < 4.78 is 0.425. The van der Waals surface area contributed by atoms with Crippen LogP contribution in [0.15, 0.2) is 59.8 Å². The van der Waals surface area contributed by atoms with E-state index in [4.69, 9.17) is 0 Å². The van der Waals surface area contributed by atoms with Crippen LogP contribution in [0.25, 0.3) is 11.3 Å². The van der Waals surface area contributed by atoms with Crippen molar-refractivity contribution >= 4 is 19.3 Å². The van der Waals surface area contributed by atoms with Gasteiger partial charge in [0.05, 0.1) is 0 Å². The second-order valence-electron chi connectivity index (χ2n) is 9.07. The van der Waals surface area contributed by atoms with E-state index in [1.54, 1.807) is 46.6 Å². The average molecular weight is 518 g/mol. The maximum absolute atomic E-state index is 2.56. The van der Waals surface area contributed by atoms with Crippen LogP contribution in [-0.2, 0) is 24.7 Å². The van der Waals surface area contributed by atoms with Gasteiger partial charge in [-0.25, -0.2) is 0 Å². The Bertz CT molecular complexity index is 994. The van der Waals surface area contributed by atoms with Crippen LogP contribution in [0.1, 0.15) is 60.3 Å². The molecular weight excluding hydrogens is 490 g/mol. The van der Waals surface area contributed by atoms with Crippen LogP contribution in [0.2, 0.25) is 16.2 Å². The molecule has 0 nitrogen and oxygen atoms in total. The van der Waals surface area contributed by atoms with Crippen molar-refractivity contribution in [2.75, 3.05) is 0 Å².